The van der Waals surface area contributed by atoms with Crippen molar-refractivity contribution in [1.82, 2.24) is 0 Å². The van der Waals surface area contributed by atoms with Crippen LogP contribution in [-0.2, 0) is 10.8 Å². The Kier molecular flexibility index (Phi) is 4.42. The molecule has 3 N–H and O–H groups in total. The van der Waals surface area contributed by atoms with Gasteiger partial charge in [0, 0.05) is 0 Å². The Hall–Kier alpha value is -1.32. The van der Waals surface area contributed by atoms with Gasteiger partial charge in [-0.3, -0.25) is 0 Å². The van der Waals surface area contributed by atoms with Crippen LogP contribution in [0.3, 0.4) is 0 Å². The Labute approximate surface area is 138 Å². The van der Waals surface area contributed by atoms with E-state index in [0.29, 0.717) is 5.75 Å². The van der Waals surface area contributed by atoms with Crippen molar-refractivity contribution in [3.8, 4) is 5.75 Å². The second-order valence-corrected chi connectivity index (χ2v) is 8.78. The maximum absolute atomic E-state index is 10.8. The first-order valence-corrected chi connectivity index (χ1v) is 8.61. The van der Waals surface area contributed by atoms with Crippen molar-refractivity contribution in [3.05, 3.63) is 51.2 Å². The number of thiophene rings is 1. The van der Waals surface area contributed by atoms with E-state index in [9.17, 15) is 5.11 Å². The summed E-state index contributed by atoms with van der Waals surface area (Å²) in [5.41, 5.74) is 10.3. The third-order valence-corrected chi connectivity index (χ3v) is 4.71. The average Bonchev–Trinajstić information content (AvgIpc) is 2.89. The molecule has 0 saturated heterocycles. The molecule has 1 aromatic carbocycles. The van der Waals surface area contributed by atoms with Crippen molar-refractivity contribution in [3.63, 3.8) is 0 Å². The lowest BCUT2D eigenvalue weighted by molar-refractivity contribution is 0.422. The number of nitrogens with two attached hydrogens (primary N) is 1. The zero-order chi connectivity index (χ0) is 16.7. The first kappa shape index (κ1) is 17.0. The summed E-state index contributed by atoms with van der Waals surface area (Å²) in [7, 11) is 0. The van der Waals surface area contributed by atoms with E-state index in [2.05, 4.69) is 65.1 Å². The summed E-state index contributed by atoms with van der Waals surface area (Å²) < 4.78 is 0. The molecular weight excluding hydrogens is 290 g/mol. The minimum absolute atomic E-state index is 0.130. The molecule has 2 rings (SSSR count). The fraction of sp³-hybridized carbons (Fsp3) is 0.474. The molecule has 1 atom stereocenters. The SMILES string of the molecule is CC(C)(C)c1cc([C@@H](N)c2ccsc2)cc(C(C)(C)C)c1O. The Morgan fingerprint density at radius 3 is 1.82 bits per heavy atom. The summed E-state index contributed by atoms with van der Waals surface area (Å²) in [6, 6.07) is 6.03. The maximum Gasteiger partial charge on any atom is 0.123 e. The van der Waals surface area contributed by atoms with E-state index in [4.69, 9.17) is 5.73 Å². The minimum Gasteiger partial charge on any atom is -0.507 e. The van der Waals surface area contributed by atoms with Gasteiger partial charge in [0.2, 0.25) is 0 Å². The van der Waals surface area contributed by atoms with E-state index >= 15 is 0 Å². The number of hydrogen-bond acceptors (Lipinski definition) is 3. The molecule has 0 aliphatic carbocycles. The van der Waals surface area contributed by atoms with Crippen LogP contribution in [-0.4, -0.2) is 5.11 Å². The van der Waals surface area contributed by atoms with E-state index in [0.717, 1.165) is 22.3 Å². The zero-order valence-corrected chi connectivity index (χ0v) is 15.2. The number of phenols is 1. The predicted octanol–water partition coefficient (Wildman–Crippen LogP) is 5.10. The fourth-order valence-corrected chi connectivity index (χ4v) is 3.32. The van der Waals surface area contributed by atoms with Crippen LogP contribution >= 0.6 is 11.3 Å². The van der Waals surface area contributed by atoms with Gasteiger partial charge in [-0.05, 0) is 62.0 Å². The number of rotatable bonds is 2. The molecule has 0 aliphatic rings. The van der Waals surface area contributed by atoms with Crippen LogP contribution in [0.1, 0.15) is 69.8 Å². The third-order valence-electron chi connectivity index (χ3n) is 4.01. The molecule has 0 spiro atoms. The van der Waals surface area contributed by atoms with Gasteiger partial charge in [-0.2, -0.15) is 11.3 Å². The molecule has 120 valence electrons. The summed E-state index contributed by atoms with van der Waals surface area (Å²) in [6.45, 7) is 12.7. The third kappa shape index (κ3) is 3.36. The highest BCUT2D eigenvalue weighted by Gasteiger charge is 2.27. The molecule has 0 amide bonds. The lowest BCUT2D eigenvalue weighted by Crippen LogP contribution is -2.20. The van der Waals surface area contributed by atoms with E-state index in [1.807, 2.05) is 5.38 Å². The molecule has 0 aliphatic heterocycles. The summed E-state index contributed by atoms with van der Waals surface area (Å²) in [5, 5.41) is 14.9. The summed E-state index contributed by atoms with van der Waals surface area (Å²) in [4.78, 5) is 0. The van der Waals surface area contributed by atoms with Gasteiger partial charge < -0.3 is 10.8 Å². The minimum atomic E-state index is -0.158. The molecular formula is C19H27NOS. The van der Waals surface area contributed by atoms with Gasteiger partial charge in [0.1, 0.15) is 5.75 Å². The van der Waals surface area contributed by atoms with Crippen molar-refractivity contribution in [2.45, 2.75) is 58.4 Å². The Morgan fingerprint density at radius 2 is 1.45 bits per heavy atom. The molecule has 3 heteroatoms. The fourth-order valence-electron chi connectivity index (χ4n) is 2.62. The Bertz CT molecular complexity index is 610. The lowest BCUT2D eigenvalue weighted by Gasteiger charge is -2.29. The normalized spacial score (nSPS) is 14.1. The summed E-state index contributed by atoms with van der Waals surface area (Å²) in [6.07, 6.45) is 0. The summed E-state index contributed by atoms with van der Waals surface area (Å²) in [5.74, 6) is 0.404. The second kappa shape index (κ2) is 5.71. The molecule has 0 bridgehead atoms. The lowest BCUT2D eigenvalue weighted by atomic mass is 9.77. The standard InChI is InChI=1S/C19H27NOS/c1-18(2,3)14-9-13(16(20)12-7-8-22-11-12)10-15(17(14)21)19(4,5)6/h7-11,16,21H,20H2,1-6H3/t16-/m0/s1. The molecule has 0 fully saturated rings. The first-order valence-electron chi connectivity index (χ1n) is 7.67. The number of hydrogen-bond donors (Lipinski definition) is 2. The van der Waals surface area contributed by atoms with E-state index < -0.39 is 0 Å². The van der Waals surface area contributed by atoms with Crippen LogP contribution in [0.4, 0.5) is 0 Å². The van der Waals surface area contributed by atoms with Gasteiger partial charge in [0.15, 0.2) is 0 Å². The monoisotopic (exact) mass is 317 g/mol. The molecule has 2 nitrogen and oxygen atoms in total. The highest BCUT2D eigenvalue weighted by atomic mass is 32.1. The van der Waals surface area contributed by atoms with Crippen molar-refractivity contribution in [2.75, 3.05) is 0 Å². The van der Waals surface area contributed by atoms with Gasteiger partial charge in [0.05, 0.1) is 6.04 Å². The average molecular weight is 317 g/mol. The predicted molar refractivity (Wildman–Crippen MR) is 95.9 cm³/mol. The Balaban J connectivity index is 2.65. The highest BCUT2D eigenvalue weighted by Crippen LogP contribution is 2.41. The van der Waals surface area contributed by atoms with Gasteiger partial charge in [-0.1, -0.05) is 41.5 Å². The van der Waals surface area contributed by atoms with E-state index in [1.54, 1.807) is 11.3 Å². The molecule has 0 unspecified atom stereocenters. The van der Waals surface area contributed by atoms with E-state index in [-0.39, 0.29) is 16.9 Å². The van der Waals surface area contributed by atoms with Gasteiger partial charge in [-0.25, -0.2) is 0 Å². The van der Waals surface area contributed by atoms with Crippen molar-refractivity contribution in [2.24, 2.45) is 5.73 Å². The first-order chi connectivity index (χ1) is 10.0. The van der Waals surface area contributed by atoms with Crippen molar-refractivity contribution < 1.29 is 5.11 Å². The van der Waals surface area contributed by atoms with Crippen LogP contribution in [0.25, 0.3) is 0 Å². The van der Waals surface area contributed by atoms with Crippen LogP contribution in [0.2, 0.25) is 0 Å². The smallest absolute Gasteiger partial charge is 0.123 e. The highest BCUT2D eigenvalue weighted by molar-refractivity contribution is 7.08. The molecule has 1 heterocycles. The van der Waals surface area contributed by atoms with Crippen molar-refractivity contribution >= 4 is 11.3 Å². The quantitative estimate of drug-likeness (QED) is 0.809. The van der Waals surface area contributed by atoms with E-state index in [1.165, 1.54) is 0 Å². The summed E-state index contributed by atoms with van der Waals surface area (Å²) >= 11 is 1.66. The maximum atomic E-state index is 10.8. The molecule has 0 saturated carbocycles. The van der Waals surface area contributed by atoms with Gasteiger partial charge in [0.25, 0.3) is 0 Å². The van der Waals surface area contributed by atoms with Crippen molar-refractivity contribution in [1.29, 1.82) is 0 Å². The van der Waals surface area contributed by atoms with Crippen LogP contribution in [0, 0.1) is 0 Å². The topological polar surface area (TPSA) is 46.2 Å². The molecule has 1 aromatic heterocycles. The van der Waals surface area contributed by atoms with Crippen LogP contribution < -0.4 is 5.73 Å². The van der Waals surface area contributed by atoms with Crippen LogP contribution in [0.15, 0.2) is 29.0 Å². The van der Waals surface area contributed by atoms with Gasteiger partial charge in [-0.15, -0.1) is 0 Å². The second-order valence-electron chi connectivity index (χ2n) is 8.00. The number of benzene rings is 1. The van der Waals surface area contributed by atoms with Crippen LogP contribution in [0.5, 0.6) is 5.75 Å². The number of aromatic hydroxyl groups is 1. The Morgan fingerprint density at radius 1 is 0.955 bits per heavy atom. The molecule has 2 aromatic rings. The largest absolute Gasteiger partial charge is 0.507 e. The molecule has 22 heavy (non-hydrogen) atoms. The number of phenolic OH excluding ortho intramolecular Hbond substituents is 1. The zero-order valence-electron chi connectivity index (χ0n) is 14.4. The molecule has 0 radical (unpaired) electrons. The van der Waals surface area contributed by atoms with Gasteiger partial charge >= 0.3 is 0 Å².